The molecule has 3 rings (SSSR count). The van der Waals surface area contributed by atoms with Crippen molar-refractivity contribution in [2.75, 3.05) is 25.5 Å². The molecule has 0 bridgehead atoms. The maximum atomic E-state index is 12.1. The normalized spacial score (nSPS) is 10.8. The molecule has 0 spiro atoms. The summed E-state index contributed by atoms with van der Waals surface area (Å²) < 4.78 is 9.94. The van der Waals surface area contributed by atoms with Crippen molar-refractivity contribution in [1.29, 1.82) is 0 Å². The van der Waals surface area contributed by atoms with Gasteiger partial charge in [-0.25, -0.2) is 19.5 Å². The summed E-state index contributed by atoms with van der Waals surface area (Å²) in [5.74, 6) is 1.19. The van der Waals surface area contributed by atoms with Crippen LogP contribution >= 0.6 is 23.5 Å². The van der Waals surface area contributed by atoms with E-state index in [1.807, 2.05) is 37.3 Å². The number of imide groups is 1. The van der Waals surface area contributed by atoms with Gasteiger partial charge in [-0.3, -0.25) is 4.98 Å². The van der Waals surface area contributed by atoms with Gasteiger partial charge in [0.25, 0.3) is 0 Å². The van der Waals surface area contributed by atoms with E-state index in [1.54, 1.807) is 43.6 Å². The number of rotatable bonds is 9. The van der Waals surface area contributed by atoms with Gasteiger partial charge in [0.2, 0.25) is 0 Å². The maximum Gasteiger partial charge on any atom is 0.419 e. The van der Waals surface area contributed by atoms with Gasteiger partial charge in [-0.05, 0) is 44.5 Å². The van der Waals surface area contributed by atoms with Gasteiger partial charge < -0.3 is 14.5 Å². The first-order valence-electron chi connectivity index (χ1n) is 10.3. The number of nitrogens with zero attached hydrogens (tertiary/aromatic N) is 3. The fraction of sp³-hybridized carbons (Fsp3) is 0.364. The number of ether oxygens (including phenoxy) is 2. The number of carbonyl (C=O) groups excluding carboxylic acids is 2. The third-order valence-corrected chi connectivity index (χ3v) is 6.55. The number of aromatic amines is 1. The van der Waals surface area contributed by atoms with E-state index in [1.165, 1.54) is 0 Å². The maximum absolute atomic E-state index is 12.1. The Bertz CT molecular complexity index is 1020. The average Bonchev–Trinajstić information content (AvgIpc) is 3.20. The smallest absolute Gasteiger partial charge is 0.419 e. The molecule has 0 unspecified atom stereocenters. The molecule has 8 nitrogen and oxygen atoms in total. The van der Waals surface area contributed by atoms with E-state index >= 15 is 0 Å². The number of thioether (sulfide) groups is 2. The highest BCUT2D eigenvalue weighted by Crippen LogP contribution is 2.28. The van der Waals surface area contributed by atoms with E-state index in [-0.39, 0.29) is 19.8 Å². The lowest BCUT2D eigenvalue weighted by Crippen LogP contribution is -2.39. The molecule has 0 saturated carbocycles. The van der Waals surface area contributed by atoms with Gasteiger partial charge in [0, 0.05) is 29.1 Å². The molecule has 0 radical (unpaired) electrons. The Kier molecular flexibility index (Phi) is 8.81. The number of hydrogen-bond acceptors (Lipinski definition) is 8. The molecule has 0 saturated heterocycles. The number of aromatic nitrogens is 3. The van der Waals surface area contributed by atoms with E-state index < -0.39 is 12.2 Å². The van der Waals surface area contributed by atoms with E-state index in [4.69, 9.17) is 9.47 Å². The van der Waals surface area contributed by atoms with Crippen LogP contribution in [0.5, 0.6) is 0 Å². The number of fused-ring (bicyclic) bond motifs is 1. The van der Waals surface area contributed by atoms with Crippen LogP contribution in [0.3, 0.4) is 0 Å². The average molecular weight is 475 g/mol. The van der Waals surface area contributed by atoms with Crippen molar-refractivity contribution in [3.63, 3.8) is 0 Å². The number of nitrogens with one attached hydrogen (secondary N) is 1. The Labute approximate surface area is 195 Å². The third-order valence-electron chi connectivity index (χ3n) is 4.52. The highest BCUT2D eigenvalue weighted by Gasteiger charge is 2.23. The Balaban J connectivity index is 1.60. The zero-order valence-corrected chi connectivity index (χ0v) is 19.9. The van der Waals surface area contributed by atoms with Gasteiger partial charge in [-0.15, -0.1) is 11.8 Å². The minimum atomic E-state index is -0.694. The molecule has 10 heteroatoms. The number of amides is 2. The van der Waals surface area contributed by atoms with Crippen LogP contribution < -0.4 is 0 Å². The summed E-state index contributed by atoms with van der Waals surface area (Å²) in [5.41, 5.74) is 3.99. The molecule has 2 heterocycles. The van der Waals surface area contributed by atoms with Crippen molar-refractivity contribution >= 4 is 46.7 Å². The van der Waals surface area contributed by atoms with Crippen LogP contribution in [-0.4, -0.2) is 57.5 Å². The molecule has 0 aliphatic heterocycles. The first-order chi connectivity index (χ1) is 15.5. The van der Waals surface area contributed by atoms with E-state index in [0.717, 1.165) is 37.2 Å². The Morgan fingerprint density at radius 1 is 1.06 bits per heavy atom. The summed E-state index contributed by atoms with van der Waals surface area (Å²) in [4.78, 5) is 38.6. The van der Waals surface area contributed by atoms with Crippen molar-refractivity contribution in [3.05, 3.63) is 47.8 Å². The molecular weight excluding hydrogens is 448 g/mol. The van der Waals surface area contributed by atoms with Gasteiger partial charge in [0.05, 0.1) is 29.9 Å². The van der Waals surface area contributed by atoms with Crippen LogP contribution in [0, 0.1) is 6.92 Å². The minimum absolute atomic E-state index is 0.188. The van der Waals surface area contributed by atoms with Gasteiger partial charge in [0.15, 0.2) is 5.16 Å². The highest BCUT2D eigenvalue weighted by molar-refractivity contribution is 7.99. The number of imidazole rings is 1. The lowest BCUT2D eigenvalue weighted by atomic mass is 10.2. The van der Waals surface area contributed by atoms with E-state index in [9.17, 15) is 9.59 Å². The van der Waals surface area contributed by atoms with Gasteiger partial charge in [-0.1, -0.05) is 23.9 Å². The molecule has 0 aliphatic carbocycles. The molecule has 0 aliphatic rings. The molecule has 1 aromatic carbocycles. The monoisotopic (exact) mass is 474 g/mol. The topological polar surface area (TPSA) is 97.4 Å². The van der Waals surface area contributed by atoms with Crippen molar-refractivity contribution in [2.45, 2.75) is 36.6 Å². The number of pyridine rings is 1. The van der Waals surface area contributed by atoms with Crippen molar-refractivity contribution in [2.24, 2.45) is 0 Å². The molecule has 32 heavy (non-hydrogen) atoms. The largest absolute Gasteiger partial charge is 0.449 e. The van der Waals surface area contributed by atoms with Crippen LogP contribution in [0.2, 0.25) is 0 Å². The second-order valence-electron chi connectivity index (χ2n) is 6.63. The molecule has 170 valence electrons. The predicted molar refractivity (Wildman–Crippen MR) is 126 cm³/mol. The summed E-state index contributed by atoms with van der Waals surface area (Å²) in [5, 5.41) is 0.852. The molecule has 2 aromatic heterocycles. The predicted octanol–water partition coefficient (Wildman–Crippen LogP) is 5.27. The minimum Gasteiger partial charge on any atom is -0.449 e. The molecule has 0 atom stereocenters. The number of benzene rings is 1. The molecule has 0 fully saturated rings. The Morgan fingerprint density at radius 2 is 1.78 bits per heavy atom. The summed E-state index contributed by atoms with van der Waals surface area (Å²) >= 11 is 3.16. The van der Waals surface area contributed by atoms with Gasteiger partial charge in [0.1, 0.15) is 0 Å². The second-order valence-corrected chi connectivity index (χ2v) is 8.73. The van der Waals surface area contributed by atoms with E-state index in [0.29, 0.717) is 11.5 Å². The number of hydrogen-bond donors (Lipinski definition) is 1. The Hall–Kier alpha value is -2.72. The number of para-hydroxylation sites is 2. The van der Waals surface area contributed by atoms with Crippen LogP contribution in [-0.2, 0) is 15.2 Å². The first-order valence-corrected chi connectivity index (χ1v) is 12.3. The quantitative estimate of drug-likeness (QED) is 0.419. The third kappa shape index (κ3) is 6.17. The van der Waals surface area contributed by atoms with E-state index in [2.05, 4.69) is 15.0 Å². The summed E-state index contributed by atoms with van der Waals surface area (Å²) in [7, 11) is 0. The summed E-state index contributed by atoms with van der Waals surface area (Å²) in [6.45, 7) is 5.99. The summed E-state index contributed by atoms with van der Waals surface area (Å²) in [6.07, 6.45) is 0.389. The van der Waals surface area contributed by atoms with Crippen LogP contribution in [0.25, 0.3) is 11.0 Å². The zero-order chi connectivity index (χ0) is 22.9. The number of carbonyl (C=O) groups is 2. The molecule has 3 aromatic rings. The Morgan fingerprint density at radius 3 is 2.47 bits per heavy atom. The lowest BCUT2D eigenvalue weighted by molar-refractivity contribution is 0.0835. The first kappa shape index (κ1) is 23.9. The van der Waals surface area contributed by atoms with Gasteiger partial charge in [-0.2, -0.15) is 0 Å². The van der Waals surface area contributed by atoms with Crippen molar-refractivity contribution < 1.29 is 19.1 Å². The fourth-order valence-corrected chi connectivity index (χ4v) is 4.80. The fourth-order valence-electron chi connectivity index (χ4n) is 2.90. The molecule has 1 N–H and O–H groups in total. The van der Waals surface area contributed by atoms with Crippen LogP contribution in [0.15, 0.2) is 46.6 Å². The second kappa shape index (κ2) is 11.8. The van der Waals surface area contributed by atoms with Crippen molar-refractivity contribution in [1.82, 2.24) is 19.9 Å². The van der Waals surface area contributed by atoms with Crippen LogP contribution in [0.1, 0.15) is 25.1 Å². The zero-order valence-electron chi connectivity index (χ0n) is 18.3. The lowest BCUT2D eigenvalue weighted by Gasteiger charge is -2.19. The number of H-pyrrole nitrogens is 1. The SMILES string of the molecule is CCOC(=O)N(CCSc1ccnc(CSc2nc3ccccc3[nH]2)c1C)C(=O)OCC. The van der Waals surface area contributed by atoms with Crippen molar-refractivity contribution in [3.8, 4) is 0 Å². The molecule has 2 amide bonds. The highest BCUT2D eigenvalue weighted by atomic mass is 32.2. The molecular formula is C22H26N4O4S2. The van der Waals surface area contributed by atoms with Crippen LogP contribution in [0.4, 0.5) is 9.59 Å². The standard InChI is InChI=1S/C22H26N4O4S2/c1-4-29-21(27)26(22(28)30-5-2)12-13-31-19-10-11-23-18(15(19)3)14-32-20-24-16-8-6-7-9-17(16)25-20/h6-11H,4-5,12-14H2,1-3H3,(H,24,25). The summed E-state index contributed by atoms with van der Waals surface area (Å²) in [6, 6.07) is 9.87. The van der Waals surface area contributed by atoms with Gasteiger partial charge >= 0.3 is 12.2 Å².